The van der Waals surface area contributed by atoms with Gasteiger partial charge in [-0.2, -0.15) is 0 Å². The predicted octanol–water partition coefficient (Wildman–Crippen LogP) is 2.51. The van der Waals surface area contributed by atoms with Crippen molar-refractivity contribution < 1.29 is 14.9 Å². The molecule has 164 valence electrons. The molecule has 4 heterocycles. The predicted molar refractivity (Wildman–Crippen MR) is 120 cm³/mol. The van der Waals surface area contributed by atoms with E-state index in [4.69, 9.17) is 10.5 Å². The standard InChI is InChI=1S/C24H25N5O3/c1-13-17-7-9-29(22(17)27-12-26-13)23-20(30)24(31)8-6-16(21(24)32-23)10-14-2-3-15-4-5-19(25)28-18(15)11-14/h2-5,7,9,11-12,16,20-21,23,30-31H,6,8,10H2,1H3,(H2,25,28)/t16-,20?,21+,23+,24-/m0/s1. The van der Waals surface area contributed by atoms with Crippen LogP contribution in [0.15, 0.2) is 48.9 Å². The van der Waals surface area contributed by atoms with Gasteiger partial charge in [-0.1, -0.05) is 12.1 Å². The van der Waals surface area contributed by atoms with Crippen molar-refractivity contribution in [2.24, 2.45) is 5.92 Å². The summed E-state index contributed by atoms with van der Waals surface area (Å²) in [7, 11) is 0. The fourth-order valence-corrected chi connectivity index (χ4v) is 5.47. The molecule has 1 unspecified atom stereocenters. The smallest absolute Gasteiger partial charge is 0.164 e. The quantitative estimate of drug-likeness (QED) is 0.456. The third kappa shape index (κ3) is 2.83. The number of hydrogen-bond donors (Lipinski definition) is 3. The van der Waals surface area contributed by atoms with Crippen LogP contribution in [0.25, 0.3) is 21.9 Å². The van der Waals surface area contributed by atoms with Crippen LogP contribution in [0.4, 0.5) is 5.82 Å². The molecule has 4 aromatic rings. The largest absolute Gasteiger partial charge is 0.385 e. The molecule has 6 rings (SSSR count). The number of aliphatic hydroxyl groups is 2. The van der Waals surface area contributed by atoms with Crippen molar-refractivity contribution >= 4 is 27.8 Å². The van der Waals surface area contributed by atoms with E-state index in [1.165, 1.54) is 6.33 Å². The van der Waals surface area contributed by atoms with E-state index in [1.54, 1.807) is 6.07 Å². The van der Waals surface area contributed by atoms with Gasteiger partial charge in [-0.25, -0.2) is 15.0 Å². The molecule has 32 heavy (non-hydrogen) atoms. The molecule has 1 saturated carbocycles. The minimum atomic E-state index is -1.28. The molecule has 8 heteroatoms. The first-order valence-corrected chi connectivity index (χ1v) is 10.9. The molecule has 3 aromatic heterocycles. The lowest BCUT2D eigenvalue weighted by Gasteiger charge is -2.26. The van der Waals surface area contributed by atoms with Crippen molar-refractivity contribution in [3.63, 3.8) is 0 Å². The van der Waals surface area contributed by atoms with Crippen LogP contribution in [0.1, 0.15) is 30.3 Å². The number of nitrogens with zero attached hydrogens (tertiary/aromatic N) is 4. The zero-order valence-electron chi connectivity index (χ0n) is 17.7. The minimum Gasteiger partial charge on any atom is -0.385 e. The van der Waals surface area contributed by atoms with Gasteiger partial charge in [-0.05, 0) is 61.9 Å². The summed E-state index contributed by atoms with van der Waals surface area (Å²) in [5.41, 5.74) is 8.09. The molecule has 2 aliphatic rings. The molecular weight excluding hydrogens is 406 g/mol. The van der Waals surface area contributed by atoms with Crippen LogP contribution in [0.3, 0.4) is 0 Å². The Morgan fingerprint density at radius 1 is 1.22 bits per heavy atom. The number of aromatic nitrogens is 4. The third-order valence-corrected chi connectivity index (χ3v) is 7.16. The van der Waals surface area contributed by atoms with Crippen LogP contribution in [-0.4, -0.2) is 47.5 Å². The molecule has 4 N–H and O–H groups in total. The first kappa shape index (κ1) is 19.6. The van der Waals surface area contributed by atoms with Crippen molar-refractivity contribution in [1.29, 1.82) is 0 Å². The minimum absolute atomic E-state index is 0.0800. The van der Waals surface area contributed by atoms with Crippen LogP contribution >= 0.6 is 0 Å². The average Bonchev–Trinajstić information content (AvgIpc) is 3.41. The highest BCUT2D eigenvalue weighted by molar-refractivity contribution is 5.80. The highest BCUT2D eigenvalue weighted by Crippen LogP contribution is 2.50. The van der Waals surface area contributed by atoms with E-state index in [0.717, 1.165) is 40.4 Å². The summed E-state index contributed by atoms with van der Waals surface area (Å²) in [6.45, 7) is 1.92. The Kier molecular flexibility index (Phi) is 4.27. The molecule has 2 fully saturated rings. The monoisotopic (exact) mass is 431 g/mol. The number of pyridine rings is 1. The number of ether oxygens (including phenoxy) is 1. The van der Waals surface area contributed by atoms with Crippen molar-refractivity contribution in [3.8, 4) is 0 Å². The Morgan fingerprint density at radius 3 is 2.94 bits per heavy atom. The Balaban J connectivity index is 1.30. The van der Waals surface area contributed by atoms with Gasteiger partial charge in [0.15, 0.2) is 6.23 Å². The van der Waals surface area contributed by atoms with Crippen LogP contribution < -0.4 is 5.73 Å². The van der Waals surface area contributed by atoms with Gasteiger partial charge in [-0.3, -0.25) is 0 Å². The van der Waals surface area contributed by atoms with E-state index in [2.05, 4.69) is 21.0 Å². The lowest BCUT2D eigenvalue weighted by molar-refractivity contribution is -0.0675. The second-order valence-electron chi connectivity index (χ2n) is 9.07. The van der Waals surface area contributed by atoms with Crippen LogP contribution in [0, 0.1) is 12.8 Å². The number of nitrogens with two attached hydrogens (primary N) is 1. The number of nitrogen functional groups attached to an aromatic ring is 1. The first-order valence-electron chi connectivity index (χ1n) is 10.9. The average molecular weight is 431 g/mol. The maximum absolute atomic E-state index is 11.4. The van der Waals surface area contributed by atoms with E-state index >= 15 is 0 Å². The second kappa shape index (κ2) is 6.96. The van der Waals surface area contributed by atoms with Crippen molar-refractivity contribution in [2.45, 2.75) is 50.2 Å². The van der Waals surface area contributed by atoms with Gasteiger partial charge in [-0.15, -0.1) is 0 Å². The molecule has 0 spiro atoms. The summed E-state index contributed by atoms with van der Waals surface area (Å²) in [5, 5.41) is 24.5. The summed E-state index contributed by atoms with van der Waals surface area (Å²) in [4.78, 5) is 13.0. The summed E-state index contributed by atoms with van der Waals surface area (Å²) in [5.74, 6) is 0.573. The summed E-state index contributed by atoms with van der Waals surface area (Å²) in [6, 6.07) is 11.8. The lowest BCUT2D eigenvalue weighted by Crippen LogP contribution is -2.45. The van der Waals surface area contributed by atoms with Gasteiger partial charge < -0.3 is 25.3 Å². The van der Waals surface area contributed by atoms with E-state index in [-0.39, 0.29) is 5.92 Å². The van der Waals surface area contributed by atoms with Crippen molar-refractivity contribution in [1.82, 2.24) is 19.5 Å². The summed E-state index contributed by atoms with van der Waals surface area (Å²) in [6.07, 6.45) is 3.15. The molecule has 1 saturated heterocycles. The third-order valence-electron chi connectivity index (χ3n) is 7.16. The molecule has 1 aliphatic carbocycles. The van der Waals surface area contributed by atoms with Crippen molar-refractivity contribution in [3.05, 3.63) is 60.2 Å². The van der Waals surface area contributed by atoms with E-state index in [9.17, 15) is 10.2 Å². The molecule has 1 aromatic carbocycles. The van der Waals surface area contributed by atoms with Crippen LogP contribution in [-0.2, 0) is 11.2 Å². The maximum atomic E-state index is 11.4. The van der Waals surface area contributed by atoms with Gasteiger partial charge >= 0.3 is 0 Å². The van der Waals surface area contributed by atoms with Gasteiger partial charge in [0.2, 0.25) is 0 Å². The number of anilines is 1. The first-order chi connectivity index (χ1) is 15.4. The van der Waals surface area contributed by atoms with Gasteiger partial charge in [0.25, 0.3) is 0 Å². The lowest BCUT2D eigenvalue weighted by atomic mass is 9.90. The van der Waals surface area contributed by atoms with Crippen LogP contribution in [0.5, 0.6) is 0 Å². The maximum Gasteiger partial charge on any atom is 0.164 e. The molecule has 1 aliphatic heterocycles. The summed E-state index contributed by atoms with van der Waals surface area (Å²) >= 11 is 0. The highest BCUT2D eigenvalue weighted by atomic mass is 16.6. The second-order valence-corrected chi connectivity index (χ2v) is 9.07. The molecule has 5 atom stereocenters. The number of benzene rings is 1. The van der Waals surface area contributed by atoms with E-state index in [1.807, 2.05) is 42.0 Å². The Hall–Kier alpha value is -3.07. The fraction of sp³-hybridized carbons (Fsp3) is 0.375. The Bertz CT molecular complexity index is 1340. The SMILES string of the molecule is Cc1ncnc2c1ccn2[C@@H]1O[C@@H]2[C@H](Cc3ccc4ccc(N)nc4c3)CC[C@]2(O)C1O. The van der Waals surface area contributed by atoms with Gasteiger partial charge in [0.1, 0.15) is 29.5 Å². The van der Waals surface area contributed by atoms with Crippen LogP contribution in [0.2, 0.25) is 0 Å². The van der Waals surface area contributed by atoms with Crippen molar-refractivity contribution in [2.75, 3.05) is 5.73 Å². The molecule has 0 radical (unpaired) electrons. The van der Waals surface area contributed by atoms with E-state index in [0.29, 0.717) is 17.9 Å². The number of aryl methyl sites for hydroxylation is 1. The fourth-order valence-electron chi connectivity index (χ4n) is 5.47. The number of hydrogen-bond acceptors (Lipinski definition) is 7. The highest BCUT2D eigenvalue weighted by Gasteiger charge is 2.61. The zero-order chi connectivity index (χ0) is 22.0. The summed E-state index contributed by atoms with van der Waals surface area (Å²) < 4.78 is 8.16. The molecule has 8 nitrogen and oxygen atoms in total. The molecule has 0 bridgehead atoms. The normalized spacial score (nSPS) is 29.7. The molecular formula is C24H25N5O3. The zero-order valence-corrected chi connectivity index (χ0v) is 17.7. The number of aliphatic hydroxyl groups excluding tert-OH is 1. The topological polar surface area (TPSA) is 119 Å². The van der Waals surface area contributed by atoms with Gasteiger partial charge in [0, 0.05) is 17.0 Å². The number of rotatable bonds is 3. The Labute approximate surface area is 184 Å². The van der Waals surface area contributed by atoms with Gasteiger partial charge in [0.05, 0.1) is 17.3 Å². The molecule has 0 amide bonds. The van der Waals surface area contributed by atoms with E-state index < -0.39 is 24.0 Å². The number of fused-ring (bicyclic) bond motifs is 3. The Morgan fingerprint density at radius 2 is 2.06 bits per heavy atom.